The van der Waals surface area contributed by atoms with Crippen molar-refractivity contribution < 1.29 is 67.1 Å². The average molecular weight is 1480 g/mol. The first-order valence-electron chi connectivity index (χ1n) is 38.5. The first-order chi connectivity index (χ1) is 49.4. The molecular formula is C75H126N12O14S2. The zero-order chi connectivity index (χ0) is 75.9. The minimum absolute atomic E-state index is 0.0174. The lowest BCUT2D eigenvalue weighted by Crippen LogP contribution is -2.62. The predicted molar refractivity (Wildman–Crippen MR) is 403 cm³/mol. The van der Waals surface area contributed by atoms with Gasteiger partial charge in [-0.15, -0.1) is 0 Å². The highest BCUT2D eigenvalue weighted by molar-refractivity contribution is 8.76. The van der Waals surface area contributed by atoms with Crippen molar-refractivity contribution in [3.8, 4) is 5.75 Å². The molecular weight excluding hydrogens is 1360 g/mol. The van der Waals surface area contributed by atoms with Crippen LogP contribution in [-0.4, -0.2) is 155 Å². The largest absolute Gasteiger partial charge is 0.427 e. The molecule has 9 atom stereocenters. The number of benzene rings is 1. The molecule has 2 heterocycles. The summed E-state index contributed by atoms with van der Waals surface area (Å²) in [5.74, 6) is -11.3. The fourth-order valence-corrected chi connectivity index (χ4v) is 14.9. The van der Waals surface area contributed by atoms with Gasteiger partial charge in [0.2, 0.25) is 70.9 Å². The van der Waals surface area contributed by atoms with Gasteiger partial charge in [0.15, 0.2) is 0 Å². The van der Waals surface area contributed by atoms with Crippen molar-refractivity contribution in [2.75, 3.05) is 24.6 Å². The molecule has 1 aromatic carbocycles. The second-order valence-electron chi connectivity index (χ2n) is 28.4. The summed E-state index contributed by atoms with van der Waals surface area (Å²) < 4.78 is 5.71. The molecule has 1 aromatic rings. The molecule has 12 amide bonds. The Bertz CT molecular complexity index is 2800. The monoisotopic (exact) mass is 1480 g/mol. The molecule has 2 aliphatic rings. The van der Waals surface area contributed by atoms with Crippen LogP contribution < -0.4 is 64.5 Å². The van der Waals surface area contributed by atoms with Crippen molar-refractivity contribution >= 4 is 98.4 Å². The highest BCUT2D eigenvalue weighted by Gasteiger charge is 2.41. The molecule has 0 aromatic heterocycles. The molecule has 28 heteroatoms. The van der Waals surface area contributed by atoms with Gasteiger partial charge in [-0.25, -0.2) is 0 Å². The number of unbranched alkanes of at least 4 members (excludes halogenated alkanes) is 24. The van der Waals surface area contributed by atoms with E-state index in [1.54, 1.807) is 38.1 Å². The Balaban J connectivity index is 2.04. The predicted octanol–water partition coefficient (Wildman–Crippen LogP) is 7.71. The third kappa shape index (κ3) is 38.6. The molecule has 3 rings (SSSR count). The number of nitrogens with one attached hydrogen (secondary N) is 8. The van der Waals surface area contributed by atoms with E-state index in [-0.39, 0.29) is 61.8 Å². The summed E-state index contributed by atoms with van der Waals surface area (Å²) in [7, 11) is 2.05. The summed E-state index contributed by atoms with van der Waals surface area (Å²) in [5.41, 5.74) is 17.0. The van der Waals surface area contributed by atoms with Gasteiger partial charge in [-0.3, -0.25) is 62.3 Å². The first kappa shape index (κ1) is 90.2. The number of hydrogen-bond donors (Lipinski definition) is 11. The van der Waals surface area contributed by atoms with Crippen molar-refractivity contribution in [1.29, 1.82) is 0 Å². The standard InChI is InChI=1S/C75H126N12O14S2/c1-7-10-12-14-16-18-20-22-24-26-28-30-32-36-65(91)80-59-49-102-103-50-60(75(100)87-44-34-35-61(87)73(98)84-56(45-51(4)5)68(93)79-48-64(78)90)85-70(95)58(47-63(77)89)83-69(94)55(42-43-62(76)88)81-74(99)67(52(6)9-3)86-71(96)57(82-72(59)97)46-53-38-40-54(41-39-53)101-66(92)37-33-31-29-27-25-23-21-19-17-15-13-11-8-2/h38-41,51-52,55-61,67H,7-37,42-50H2,1-6H3,(H2,76,88)(H2,77,89)(H2,78,90)(H,79,93)(H,80,91)(H,81,99)(H,82,97)(H,83,94)(H,84,98)(H,85,95)(H,86,96)/t52-,55-,56-,57?,58?,59?,60-,61-,67-/m0/s1. The van der Waals surface area contributed by atoms with E-state index in [1.165, 1.54) is 108 Å². The summed E-state index contributed by atoms with van der Waals surface area (Å²) in [6.07, 6.45) is 28.7. The fourth-order valence-electron chi connectivity index (χ4n) is 12.5. The van der Waals surface area contributed by atoms with Gasteiger partial charge in [-0.2, -0.15) is 0 Å². The Kier molecular flexibility index (Phi) is 46.3. The lowest BCUT2D eigenvalue weighted by Gasteiger charge is -2.31. The zero-order valence-corrected chi connectivity index (χ0v) is 64.2. The third-order valence-electron chi connectivity index (χ3n) is 18.8. The fraction of sp³-hybridized carbons (Fsp3) is 0.747. The number of carbonyl (C=O) groups is 13. The first-order valence-corrected chi connectivity index (χ1v) is 40.9. The van der Waals surface area contributed by atoms with Crippen LogP contribution in [0.25, 0.3) is 0 Å². The summed E-state index contributed by atoms with van der Waals surface area (Å²) in [6.45, 7) is 11.0. The van der Waals surface area contributed by atoms with Gasteiger partial charge in [0.05, 0.1) is 13.0 Å². The van der Waals surface area contributed by atoms with E-state index in [1.807, 2.05) is 13.8 Å². The Morgan fingerprint density at radius 2 is 1.07 bits per heavy atom. The number of hydrogen-bond acceptors (Lipinski definition) is 16. The highest BCUT2D eigenvalue weighted by Crippen LogP contribution is 2.27. The Labute approximate surface area is 620 Å². The van der Waals surface area contributed by atoms with Gasteiger partial charge in [0.1, 0.15) is 54.1 Å². The van der Waals surface area contributed by atoms with Crippen LogP contribution in [-0.2, 0) is 68.7 Å². The van der Waals surface area contributed by atoms with Crippen LogP contribution in [0.3, 0.4) is 0 Å². The van der Waals surface area contributed by atoms with Gasteiger partial charge >= 0.3 is 5.97 Å². The summed E-state index contributed by atoms with van der Waals surface area (Å²) in [6, 6.07) is -4.99. The van der Waals surface area contributed by atoms with E-state index < -0.39 is 157 Å². The van der Waals surface area contributed by atoms with Crippen LogP contribution in [0.15, 0.2) is 24.3 Å². The lowest BCUT2D eigenvalue weighted by atomic mass is 9.96. The van der Waals surface area contributed by atoms with E-state index in [2.05, 4.69) is 56.4 Å². The van der Waals surface area contributed by atoms with Gasteiger partial charge in [0.25, 0.3) is 0 Å². The molecule has 0 bridgehead atoms. The minimum atomic E-state index is -1.80. The van der Waals surface area contributed by atoms with Crippen LogP contribution in [0.5, 0.6) is 5.75 Å². The smallest absolute Gasteiger partial charge is 0.311 e. The molecule has 2 aliphatic heterocycles. The zero-order valence-electron chi connectivity index (χ0n) is 62.6. The third-order valence-corrected chi connectivity index (χ3v) is 21.2. The summed E-state index contributed by atoms with van der Waals surface area (Å²) in [4.78, 5) is 181. The van der Waals surface area contributed by atoms with Crippen molar-refractivity contribution in [3.63, 3.8) is 0 Å². The van der Waals surface area contributed by atoms with Crippen molar-refractivity contribution in [1.82, 2.24) is 47.4 Å². The van der Waals surface area contributed by atoms with Gasteiger partial charge < -0.3 is 69.4 Å². The Morgan fingerprint density at radius 1 is 0.563 bits per heavy atom. The molecule has 2 saturated heterocycles. The second-order valence-corrected chi connectivity index (χ2v) is 30.9. The maximum Gasteiger partial charge on any atom is 0.311 e. The number of carbonyl (C=O) groups excluding carboxylic acids is 13. The molecule has 0 aliphatic carbocycles. The normalized spacial score (nSPS) is 20.1. The molecule has 582 valence electrons. The van der Waals surface area contributed by atoms with E-state index in [4.69, 9.17) is 21.9 Å². The van der Waals surface area contributed by atoms with Crippen molar-refractivity contribution in [3.05, 3.63) is 29.8 Å². The number of likely N-dealkylation sites (tertiary alicyclic amines) is 1. The quantitative estimate of drug-likeness (QED) is 0.0129. The van der Waals surface area contributed by atoms with Gasteiger partial charge in [-0.05, 0) is 68.1 Å². The number of nitrogens with zero attached hydrogens (tertiary/aromatic N) is 1. The van der Waals surface area contributed by atoms with Gasteiger partial charge in [0, 0.05) is 43.7 Å². The van der Waals surface area contributed by atoms with E-state index in [0.717, 1.165) is 73.0 Å². The molecule has 14 N–H and O–H groups in total. The number of ether oxygens (including phenoxy) is 1. The molecule has 0 saturated carbocycles. The molecule has 26 nitrogen and oxygen atoms in total. The number of amides is 12. The lowest BCUT2D eigenvalue weighted by molar-refractivity contribution is -0.142. The van der Waals surface area contributed by atoms with Crippen LogP contribution in [0, 0.1) is 11.8 Å². The number of esters is 1. The molecule has 103 heavy (non-hydrogen) atoms. The molecule has 2 fully saturated rings. The van der Waals surface area contributed by atoms with E-state index in [0.29, 0.717) is 31.2 Å². The SMILES string of the molecule is CCCCCCCCCCCCCCCC(=O)NC1CSSC[C@@H](C(=O)N2CCC[C@H]2C(=O)N[C@@H](CC(C)C)C(=O)NCC(N)=O)NC(=O)C(CC(N)=O)NC(=O)[C@H](CCC(N)=O)NC(=O)[C@H]([C@@H](C)CC)NC(=O)C(Cc2ccc(OC(=O)CCCCCCCCCCCCCCC)cc2)NC1=O. The minimum Gasteiger partial charge on any atom is -0.427 e. The van der Waals surface area contributed by atoms with Crippen LogP contribution in [0.1, 0.15) is 272 Å². The highest BCUT2D eigenvalue weighted by atomic mass is 33.1. The summed E-state index contributed by atoms with van der Waals surface area (Å²) in [5, 5.41) is 21.3. The number of nitrogens with two attached hydrogens (primary N) is 3. The average Bonchev–Trinajstić information content (AvgIpc) is 1.78. The van der Waals surface area contributed by atoms with Gasteiger partial charge in [-0.1, -0.05) is 236 Å². The maximum atomic E-state index is 15.0. The van der Waals surface area contributed by atoms with E-state index in [9.17, 15) is 57.5 Å². The van der Waals surface area contributed by atoms with Crippen molar-refractivity contribution in [2.24, 2.45) is 29.0 Å². The Morgan fingerprint density at radius 3 is 1.59 bits per heavy atom. The van der Waals surface area contributed by atoms with E-state index >= 15 is 4.79 Å². The maximum absolute atomic E-state index is 15.0. The van der Waals surface area contributed by atoms with Crippen molar-refractivity contribution in [2.45, 2.75) is 321 Å². The number of primary amides is 3. The Hall–Kier alpha value is -6.97. The van der Waals surface area contributed by atoms with Crippen LogP contribution in [0.2, 0.25) is 0 Å². The van der Waals surface area contributed by atoms with Crippen LogP contribution in [0.4, 0.5) is 0 Å². The summed E-state index contributed by atoms with van der Waals surface area (Å²) >= 11 is 0. The number of rotatable bonds is 47. The topological polar surface area (TPSA) is 409 Å². The molecule has 0 radical (unpaired) electrons. The molecule has 0 spiro atoms. The van der Waals surface area contributed by atoms with Crippen LogP contribution >= 0.6 is 21.6 Å². The second kappa shape index (κ2) is 52.9. The molecule has 3 unspecified atom stereocenters.